The number of rotatable bonds is 6. The number of benzene rings is 1. The number of hydrogen-bond donors (Lipinski definition) is 2. The Labute approximate surface area is 120 Å². The molecule has 0 fully saturated rings. The molecule has 0 saturated carbocycles. The van der Waals surface area contributed by atoms with Crippen LogP contribution in [-0.2, 0) is 14.8 Å². The molecule has 1 aromatic rings. The highest BCUT2D eigenvalue weighted by atomic mass is 32.2. The minimum atomic E-state index is -3.82. The number of aryl methyl sites for hydroxylation is 2. The summed E-state index contributed by atoms with van der Waals surface area (Å²) >= 11 is 0. The third kappa shape index (κ3) is 4.31. The second kappa shape index (κ2) is 6.37. The van der Waals surface area contributed by atoms with Crippen LogP contribution in [0.15, 0.2) is 23.1 Å². The lowest BCUT2D eigenvalue weighted by atomic mass is 10.1. The number of sulfonamides is 1. The van der Waals surface area contributed by atoms with Gasteiger partial charge in [-0.3, -0.25) is 4.79 Å². The van der Waals surface area contributed by atoms with Crippen molar-refractivity contribution >= 4 is 16.0 Å². The van der Waals surface area contributed by atoms with E-state index >= 15 is 0 Å². The fourth-order valence-electron chi connectivity index (χ4n) is 1.81. The van der Waals surface area contributed by atoms with Crippen LogP contribution < -0.4 is 4.72 Å². The molecule has 0 aliphatic heterocycles. The fraction of sp³-hybridized carbons (Fsp3) is 0.500. The average molecular weight is 299 g/mol. The van der Waals surface area contributed by atoms with Crippen molar-refractivity contribution in [1.29, 1.82) is 0 Å². The van der Waals surface area contributed by atoms with Crippen LogP contribution in [0.25, 0.3) is 0 Å². The van der Waals surface area contributed by atoms with Crippen LogP contribution in [0.2, 0.25) is 0 Å². The minimum Gasteiger partial charge on any atom is -0.480 e. The zero-order chi connectivity index (χ0) is 15.5. The van der Waals surface area contributed by atoms with Gasteiger partial charge in [0.1, 0.15) is 6.04 Å². The van der Waals surface area contributed by atoms with Crippen molar-refractivity contribution in [3.63, 3.8) is 0 Å². The SMILES string of the molecule is Cc1ccc(S(=O)(=O)NC(CC(C)C)C(=O)O)cc1C. The van der Waals surface area contributed by atoms with Gasteiger partial charge in [0.05, 0.1) is 4.90 Å². The molecule has 0 spiro atoms. The third-order valence-corrected chi connectivity index (χ3v) is 4.56. The Bertz CT molecular complexity index is 593. The van der Waals surface area contributed by atoms with Gasteiger partial charge in [-0.1, -0.05) is 19.9 Å². The topological polar surface area (TPSA) is 83.5 Å². The van der Waals surface area contributed by atoms with E-state index in [4.69, 9.17) is 5.11 Å². The summed E-state index contributed by atoms with van der Waals surface area (Å²) in [5.41, 5.74) is 1.84. The molecule has 0 aliphatic rings. The van der Waals surface area contributed by atoms with Gasteiger partial charge in [0.15, 0.2) is 0 Å². The molecule has 0 amide bonds. The lowest BCUT2D eigenvalue weighted by molar-refractivity contribution is -0.139. The van der Waals surface area contributed by atoms with E-state index in [2.05, 4.69) is 4.72 Å². The largest absolute Gasteiger partial charge is 0.480 e. The number of carboxylic acids is 1. The summed E-state index contributed by atoms with van der Waals surface area (Å²) in [6.45, 7) is 7.40. The van der Waals surface area contributed by atoms with Crippen molar-refractivity contribution in [2.75, 3.05) is 0 Å². The van der Waals surface area contributed by atoms with E-state index in [1.807, 2.05) is 27.7 Å². The van der Waals surface area contributed by atoms with E-state index in [1.54, 1.807) is 12.1 Å². The lowest BCUT2D eigenvalue weighted by Gasteiger charge is -2.17. The fourth-order valence-corrected chi connectivity index (χ4v) is 3.09. The molecule has 0 heterocycles. The molecule has 1 atom stereocenters. The smallest absolute Gasteiger partial charge is 0.321 e. The zero-order valence-corrected chi connectivity index (χ0v) is 13.0. The van der Waals surface area contributed by atoms with E-state index in [-0.39, 0.29) is 17.2 Å². The quantitative estimate of drug-likeness (QED) is 0.842. The Hall–Kier alpha value is -1.40. The molecule has 1 aromatic carbocycles. The summed E-state index contributed by atoms with van der Waals surface area (Å²) < 4.78 is 26.7. The molecule has 1 unspecified atom stereocenters. The number of nitrogens with one attached hydrogen (secondary N) is 1. The van der Waals surface area contributed by atoms with Gasteiger partial charge in [-0.2, -0.15) is 4.72 Å². The Kier molecular flexibility index (Phi) is 5.30. The van der Waals surface area contributed by atoms with Crippen LogP contribution >= 0.6 is 0 Å². The number of aliphatic carboxylic acids is 1. The van der Waals surface area contributed by atoms with E-state index < -0.39 is 22.0 Å². The summed E-state index contributed by atoms with van der Waals surface area (Å²) in [6.07, 6.45) is 0.249. The summed E-state index contributed by atoms with van der Waals surface area (Å²) in [5.74, 6) is -1.08. The summed E-state index contributed by atoms with van der Waals surface area (Å²) in [4.78, 5) is 11.2. The van der Waals surface area contributed by atoms with Gasteiger partial charge in [0.2, 0.25) is 10.0 Å². The Morgan fingerprint density at radius 1 is 1.25 bits per heavy atom. The summed E-state index contributed by atoms with van der Waals surface area (Å²) in [7, 11) is -3.82. The Morgan fingerprint density at radius 3 is 2.30 bits per heavy atom. The van der Waals surface area contributed by atoms with Crippen LogP contribution in [-0.4, -0.2) is 25.5 Å². The van der Waals surface area contributed by atoms with Crippen molar-refractivity contribution < 1.29 is 18.3 Å². The van der Waals surface area contributed by atoms with E-state index in [9.17, 15) is 13.2 Å². The van der Waals surface area contributed by atoms with Crippen LogP contribution in [0.4, 0.5) is 0 Å². The monoisotopic (exact) mass is 299 g/mol. The molecule has 5 nitrogen and oxygen atoms in total. The number of carboxylic acid groups (broad SMARTS) is 1. The van der Waals surface area contributed by atoms with Gasteiger partial charge in [-0.15, -0.1) is 0 Å². The number of carbonyl (C=O) groups is 1. The van der Waals surface area contributed by atoms with E-state index in [0.717, 1.165) is 11.1 Å². The van der Waals surface area contributed by atoms with Gasteiger partial charge in [-0.05, 0) is 49.4 Å². The predicted molar refractivity (Wildman–Crippen MR) is 77.1 cm³/mol. The molecule has 0 saturated heterocycles. The first-order valence-electron chi connectivity index (χ1n) is 6.46. The Balaban J connectivity index is 3.03. The molecule has 2 N–H and O–H groups in total. The second-order valence-corrected chi connectivity index (χ2v) is 7.10. The van der Waals surface area contributed by atoms with Crippen LogP contribution in [0.5, 0.6) is 0 Å². The standard InChI is InChI=1S/C14H21NO4S/c1-9(2)7-13(14(16)17)15-20(18,19)12-6-5-10(3)11(4)8-12/h5-6,8-9,13,15H,7H2,1-4H3,(H,16,17). The predicted octanol–water partition coefficient (Wildman–Crippen LogP) is 2.08. The molecule has 1 rings (SSSR count). The lowest BCUT2D eigenvalue weighted by Crippen LogP contribution is -2.41. The van der Waals surface area contributed by atoms with Crippen LogP contribution in [0, 0.1) is 19.8 Å². The molecule has 6 heteroatoms. The molecular weight excluding hydrogens is 278 g/mol. The minimum absolute atomic E-state index is 0.0820. The zero-order valence-electron chi connectivity index (χ0n) is 12.2. The van der Waals surface area contributed by atoms with Gasteiger partial charge < -0.3 is 5.11 Å². The molecule has 0 radical (unpaired) electrons. The normalized spacial score (nSPS) is 13.4. The maximum atomic E-state index is 12.2. The van der Waals surface area contributed by atoms with Crippen molar-refractivity contribution in [2.24, 2.45) is 5.92 Å². The first kappa shape index (κ1) is 16.7. The summed E-state index contributed by atoms with van der Waals surface area (Å²) in [5, 5.41) is 9.10. The van der Waals surface area contributed by atoms with Gasteiger partial charge in [0.25, 0.3) is 0 Å². The average Bonchev–Trinajstić information content (AvgIpc) is 2.30. The first-order valence-corrected chi connectivity index (χ1v) is 7.94. The third-order valence-electron chi connectivity index (χ3n) is 3.09. The molecule has 0 aromatic heterocycles. The van der Waals surface area contributed by atoms with Gasteiger partial charge in [-0.25, -0.2) is 8.42 Å². The second-order valence-electron chi connectivity index (χ2n) is 5.39. The highest BCUT2D eigenvalue weighted by Gasteiger charge is 2.26. The molecule has 112 valence electrons. The van der Waals surface area contributed by atoms with Crippen LogP contribution in [0.3, 0.4) is 0 Å². The molecule has 0 bridgehead atoms. The Morgan fingerprint density at radius 2 is 1.85 bits per heavy atom. The van der Waals surface area contributed by atoms with Crippen molar-refractivity contribution in [3.8, 4) is 0 Å². The van der Waals surface area contributed by atoms with Crippen molar-refractivity contribution in [3.05, 3.63) is 29.3 Å². The molecule has 0 aliphatic carbocycles. The van der Waals surface area contributed by atoms with E-state index in [0.29, 0.717) is 0 Å². The highest BCUT2D eigenvalue weighted by Crippen LogP contribution is 2.16. The highest BCUT2D eigenvalue weighted by molar-refractivity contribution is 7.89. The van der Waals surface area contributed by atoms with Crippen molar-refractivity contribution in [2.45, 2.75) is 45.1 Å². The van der Waals surface area contributed by atoms with Gasteiger partial charge in [0, 0.05) is 0 Å². The van der Waals surface area contributed by atoms with Crippen molar-refractivity contribution in [1.82, 2.24) is 4.72 Å². The maximum Gasteiger partial charge on any atom is 0.321 e. The van der Waals surface area contributed by atoms with Crippen LogP contribution in [0.1, 0.15) is 31.4 Å². The first-order chi connectivity index (χ1) is 9.13. The van der Waals surface area contributed by atoms with Gasteiger partial charge >= 0.3 is 5.97 Å². The molecular formula is C14H21NO4S. The van der Waals surface area contributed by atoms with E-state index in [1.165, 1.54) is 6.07 Å². The summed E-state index contributed by atoms with van der Waals surface area (Å²) in [6, 6.07) is 3.63. The maximum absolute atomic E-state index is 12.2. The number of hydrogen-bond acceptors (Lipinski definition) is 3. The molecule has 20 heavy (non-hydrogen) atoms.